The van der Waals surface area contributed by atoms with Crippen molar-refractivity contribution in [3.8, 4) is 33.4 Å². The van der Waals surface area contributed by atoms with Crippen molar-refractivity contribution in [1.29, 1.82) is 0 Å². The van der Waals surface area contributed by atoms with E-state index in [-0.39, 0.29) is 5.41 Å². The fourth-order valence-electron chi connectivity index (χ4n) is 13.5. The first-order chi connectivity index (χ1) is 33.5. The van der Waals surface area contributed by atoms with E-state index in [0.29, 0.717) is 17.8 Å². The molecule has 4 aliphatic rings. The molecule has 0 saturated heterocycles. The van der Waals surface area contributed by atoms with Crippen LogP contribution in [0.1, 0.15) is 79.3 Å². The van der Waals surface area contributed by atoms with E-state index < -0.39 is 5.41 Å². The lowest BCUT2D eigenvalue weighted by Gasteiger charge is -2.56. The highest BCUT2D eigenvalue weighted by Crippen LogP contribution is 2.66. The smallest absolute Gasteiger partial charge is 0.0707 e. The van der Waals surface area contributed by atoms with Gasteiger partial charge >= 0.3 is 0 Å². The first-order valence-corrected chi connectivity index (χ1v) is 25.1. The molecule has 3 fully saturated rings. The van der Waals surface area contributed by atoms with Gasteiger partial charge in [0.15, 0.2) is 0 Å². The summed E-state index contributed by atoms with van der Waals surface area (Å²) in [6.45, 7) is 4.99. The first kappa shape index (κ1) is 42.2. The summed E-state index contributed by atoms with van der Waals surface area (Å²) in [6.07, 6.45) is 6.31. The quantitative estimate of drug-likeness (QED) is 0.140. The molecule has 332 valence electrons. The van der Waals surface area contributed by atoms with E-state index in [4.69, 9.17) is 0 Å². The molecule has 3 saturated carbocycles. The standard InChI is InChI=1S/C67H59N/c1-3-48-44-58-43-47(2)42-55(48)46-66(58)62-26-16-17-27-63(62)67(56-22-12-6-13-23-56,57-24-14-7-15-25-57)64-41-40-61(45-65(64)66)68(59-36-32-53(33-37-59)50-20-10-5-11-21-50)60-38-34-54(35-39-60)52-30-28-51(29-31-52)49-18-8-4-9-19-49/h4-41,45,47-48,55,58H,3,42-44,46H2,1-2H3/t47-,48-,55?,58-,66?/m1/s1. The minimum atomic E-state index is -0.501. The van der Waals surface area contributed by atoms with Crippen molar-refractivity contribution in [3.05, 3.63) is 270 Å². The third kappa shape index (κ3) is 6.97. The second kappa shape index (κ2) is 17.5. The largest absolute Gasteiger partial charge is 0.310 e. The molecule has 0 aliphatic heterocycles. The molecular weight excluding hydrogens is 819 g/mol. The van der Waals surface area contributed by atoms with Gasteiger partial charge in [-0.25, -0.2) is 0 Å². The number of anilines is 3. The summed E-state index contributed by atoms with van der Waals surface area (Å²) < 4.78 is 0. The molecule has 4 aliphatic carbocycles. The van der Waals surface area contributed by atoms with Gasteiger partial charge < -0.3 is 4.90 Å². The molecular formula is C67H59N. The van der Waals surface area contributed by atoms with Crippen LogP contribution >= 0.6 is 0 Å². The molecule has 1 heteroatoms. The molecule has 1 spiro atoms. The van der Waals surface area contributed by atoms with Crippen molar-refractivity contribution >= 4 is 17.1 Å². The number of fused-ring (bicyclic) bond motifs is 5. The molecule has 0 aromatic heterocycles. The summed E-state index contributed by atoms with van der Waals surface area (Å²) in [4.78, 5) is 2.52. The molecule has 0 amide bonds. The normalized spacial score (nSPS) is 21.1. The SMILES string of the molecule is CC[C@@H]1C[C@H]2C[C@H](C)CC1CC21c2ccccc2C(c2ccccc2)(c2ccccc2)c2ccc(N(c3ccc(-c4ccccc4)cc3)c3ccc(-c4ccc(-c5ccccc5)cc4)cc3)cc21. The topological polar surface area (TPSA) is 3.24 Å². The van der Waals surface area contributed by atoms with Gasteiger partial charge in [-0.05, 0) is 153 Å². The number of nitrogens with zero attached hydrogens (tertiary/aromatic N) is 1. The maximum Gasteiger partial charge on any atom is 0.0707 e. The van der Waals surface area contributed by atoms with Crippen LogP contribution in [0.5, 0.6) is 0 Å². The summed E-state index contributed by atoms with van der Waals surface area (Å²) in [5, 5.41) is 0. The predicted octanol–water partition coefficient (Wildman–Crippen LogP) is 17.6. The summed E-state index contributed by atoms with van der Waals surface area (Å²) in [5.41, 5.74) is 18.8. The summed E-state index contributed by atoms with van der Waals surface area (Å²) in [6, 6.07) is 89.1. The number of hydrogen-bond donors (Lipinski definition) is 0. The Hall–Kier alpha value is -7.22. The van der Waals surface area contributed by atoms with Crippen LogP contribution in [0.4, 0.5) is 17.1 Å². The monoisotopic (exact) mass is 877 g/mol. The molecule has 0 heterocycles. The molecule has 2 unspecified atom stereocenters. The van der Waals surface area contributed by atoms with E-state index in [9.17, 15) is 0 Å². The molecule has 9 aromatic carbocycles. The molecule has 0 N–H and O–H groups in total. The van der Waals surface area contributed by atoms with Gasteiger partial charge in [-0.15, -0.1) is 0 Å². The molecule has 1 nitrogen and oxygen atoms in total. The zero-order valence-electron chi connectivity index (χ0n) is 39.3. The van der Waals surface area contributed by atoms with E-state index in [2.05, 4.69) is 255 Å². The number of rotatable bonds is 9. The Morgan fingerprint density at radius 3 is 1.31 bits per heavy atom. The van der Waals surface area contributed by atoms with Crippen molar-refractivity contribution in [2.75, 3.05) is 4.90 Å². The molecule has 13 rings (SSSR count). The van der Waals surface area contributed by atoms with Crippen LogP contribution in [0.25, 0.3) is 33.4 Å². The maximum atomic E-state index is 2.67. The highest BCUT2D eigenvalue weighted by Gasteiger charge is 2.59. The fraction of sp³-hybridized carbons (Fsp3) is 0.194. The van der Waals surface area contributed by atoms with Gasteiger partial charge in [0.05, 0.1) is 5.41 Å². The second-order valence-corrected chi connectivity index (χ2v) is 20.1. The zero-order chi connectivity index (χ0) is 45.7. The predicted molar refractivity (Wildman–Crippen MR) is 285 cm³/mol. The summed E-state index contributed by atoms with van der Waals surface area (Å²) in [7, 11) is 0. The molecule has 2 bridgehead atoms. The van der Waals surface area contributed by atoms with E-state index in [1.54, 1.807) is 0 Å². The van der Waals surface area contributed by atoms with Crippen LogP contribution in [0.15, 0.2) is 237 Å². The third-order valence-corrected chi connectivity index (χ3v) is 16.5. The Morgan fingerprint density at radius 2 is 0.809 bits per heavy atom. The van der Waals surface area contributed by atoms with Crippen molar-refractivity contribution in [1.82, 2.24) is 0 Å². The van der Waals surface area contributed by atoms with Crippen molar-refractivity contribution in [2.24, 2.45) is 23.7 Å². The lowest BCUT2D eigenvalue weighted by molar-refractivity contribution is 0.118. The Labute approximate surface area is 403 Å². The second-order valence-electron chi connectivity index (χ2n) is 20.1. The van der Waals surface area contributed by atoms with Gasteiger partial charge in [0.25, 0.3) is 0 Å². The van der Waals surface area contributed by atoms with Crippen LogP contribution in [-0.4, -0.2) is 0 Å². The molecule has 0 radical (unpaired) electrons. The van der Waals surface area contributed by atoms with Gasteiger partial charge in [0, 0.05) is 22.5 Å². The van der Waals surface area contributed by atoms with Crippen molar-refractivity contribution in [3.63, 3.8) is 0 Å². The Bertz CT molecular complexity index is 3120. The average molecular weight is 878 g/mol. The third-order valence-electron chi connectivity index (χ3n) is 16.5. The van der Waals surface area contributed by atoms with Crippen molar-refractivity contribution in [2.45, 2.75) is 56.8 Å². The highest BCUT2D eigenvalue weighted by molar-refractivity contribution is 5.82. The highest BCUT2D eigenvalue weighted by atomic mass is 15.1. The maximum absolute atomic E-state index is 2.67. The Kier molecular flexibility index (Phi) is 10.8. The zero-order valence-corrected chi connectivity index (χ0v) is 39.3. The van der Waals surface area contributed by atoms with Crippen molar-refractivity contribution < 1.29 is 0 Å². The van der Waals surface area contributed by atoms with Crippen LogP contribution in [0, 0.1) is 23.7 Å². The summed E-state index contributed by atoms with van der Waals surface area (Å²) >= 11 is 0. The van der Waals surface area contributed by atoms with E-state index in [0.717, 1.165) is 17.3 Å². The van der Waals surface area contributed by atoms with Gasteiger partial charge in [-0.2, -0.15) is 0 Å². The van der Waals surface area contributed by atoms with E-state index >= 15 is 0 Å². The number of benzene rings is 9. The Balaban J connectivity index is 1.08. The lowest BCUT2D eigenvalue weighted by Crippen LogP contribution is -2.51. The average Bonchev–Trinajstić information content (AvgIpc) is 3.67. The Morgan fingerprint density at radius 1 is 0.397 bits per heavy atom. The van der Waals surface area contributed by atoms with Crippen LogP contribution in [0.3, 0.4) is 0 Å². The van der Waals surface area contributed by atoms with Crippen LogP contribution in [0.2, 0.25) is 0 Å². The van der Waals surface area contributed by atoms with E-state index in [1.165, 1.54) is 105 Å². The minimum Gasteiger partial charge on any atom is -0.310 e. The van der Waals surface area contributed by atoms with Gasteiger partial charge in [0.1, 0.15) is 0 Å². The lowest BCUT2D eigenvalue weighted by atomic mass is 9.46. The van der Waals surface area contributed by atoms with Gasteiger partial charge in [0.2, 0.25) is 0 Å². The molecule has 9 aromatic rings. The van der Waals surface area contributed by atoms with Gasteiger partial charge in [-0.3, -0.25) is 0 Å². The number of hydrogen-bond acceptors (Lipinski definition) is 1. The summed E-state index contributed by atoms with van der Waals surface area (Å²) in [5.74, 6) is 2.67. The molecule has 5 atom stereocenters. The fourth-order valence-corrected chi connectivity index (χ4v) is 13.5. The first-order valence-electron chi connectivity index (χ1n) is 25.1. The van der Waals surface area contributed by atoms with E-state index in [1.807, 2.05) is 0 Å². The minimum absolute atomic E-state index is 0.130. The molecule has 68 heavy (non-hydrogen) atoms. The van der Waals surface area contributed by atoms with Crippen LogP contribution < -0.4 is 4.90 Å². The van der Waals surface area contributed by atoms with Crippen LogP contribution in [-0.2, 0) is 10.8 Å². The van der Waals surface area contributed by atoms with Gasteiger partial charge in [-0.1, -0.05) is 220 Å².